The number of hydrogen-bond acceptors (Lipinski definition) is 0. The minimum atomic E-state index is 0.517. The predicted molar refractivity (Wildman–Crippen MR) is 45.9 cm³/mol. The van der Waals surface area contributed by atoms with E-state index >= 15 is 0 Å². The zero-order valence-electron chi connectivity index (χ0n) is 7.57. The molecule has 2 atom stereocenters. The van der Waals surface area contributed by atoms with Gasteiger partial charge in [-0.2, -0.15) is 0 Å². The van der Waals surface area contributed by atoms with Crippen LogP contribution in [0.25, 0.3) is 0 Å². The van der Waals surface area contributed by atoms with Crippen molar-refractivity contribution in [3.8, 4) is 0 Å². The molecule has 0 aromatic carbocycles. The molecule has 0 radical (unpaired) electrons. The van der Waals surface area contributed by atoms with Gasteiger partial charge in [-0.3, -0.25) is 0 Å². The van der Waals surface area contributed by atoms with Crippen LogP contribution in [0.2, 0.25) is 0 Å². The van der Waals surface area contributed by atoms with Gasteiger partial charge in [0.2, 0.25) is 0 Å². The van der Waals surface area contributed by atoms with E-state index < -0.39 is 0 Å². The summed E-state index contributed by atoms with van der Waals surface area (Å²) in [4.78, 5) is 0. The Morgan fingerprint density at radius 1 is 1.50 bits per heavy atom. The van der Waals surface area contributed by atoms with E-state index in [-0.39, 0.29) is 0 Å². The first-order chi connectivity index (χ1) is 4.65. The number of allylic oxidation sites excluding steroid dienone is 2. The highest BCUT2D eigenvalue weighted by atomic mass is 14.4. The van der Waals surface area contributed by atoms with Crippen LogP contribution in [0.15, 0.2) is 11.6 Å². The van der Waals surface area contributed by atoms with Crippen molar-refractivity contribution in [3.05, 3.63) is 11.6 Å². The molecule has 1 aliphatic carbocycles. The predicted octanol–water partition coefficient (Wildman–Crippen LogP) is 3.39. The number of rotatable bonds is 3. The van der Waals surface area contributed by atoms with E-state index in [0.29, 0.717) is 5.41 Å². The average molecular weight is 138 g/mol. The van der Waals surface area contributed by atoms with Crippen LogP contribution in [0.4, 0.5) is 0 Å². The normalized spacial score (nSPS) is 33.4. The molecular weight excluding hydrogens is 120 g/mol. The molecule has 0 aromatic rings. The van der Waals surface area contributed by atoms with E-state index in [4.69, 9.17) is 0 Å². The van der Waals surface area contributed by atoms with Gasteiger partial charge in [0.25, 0.3) is 0 Å². The van der Waals surface area contributed by atoms with Crippen molar-refractivity contribution >= 4 is 0 Å². The topological polar surface area (TPSA) is 0 Å². The Balaban J connectivity index is 2.45. The lowest BCUT2D eigenvalue weighted by atomic mass is 9.85. The second-order valence-corrected chi connectivity index (χ2v) is 3.62. The molecule has 0 saturated heterocycles. The SMILES string of the molecule is CCC1=CC1(C)C(C)CC. The summed E-state index contributed by atoms with van der Waals surface area (Å²) in [5.74, 6) is 0.849. The van der Waals surface area contributed by atoms with Gasteiger partial charge in [0.15, 0.2) is 0 Å². The summed E-state index contributed by atoms with van der Waals surface area (Å²) in [7, 11) is 0. The molecule has 0 heteroatoms. The molecule has 2 unspecified atom stereocenters. The summed E-state index contributed by atoms with van der Waals surface area (Å²) in [6.07, 6.45) is 4.98. The summed E-state index contributed by atoms with van der Waals surface area (Å²) in [6.45, 7) is 9.23. The summed E-state index contributed by atoms with van der Waals surface area (Å²) < 4.78 is 0. The van der Waals surface area contributed by atoms with Crippen molar-refractivity contribution in [2.24, 2.45) is 11.3 Å². The third kappa shape index (κ3) is 1.00. The van der Waals surface area contributed by atoms with Gasteiger partial charge >= 0.3 is 0 Å². The first-order valence-corrected chi connectivity index (χ1v) is 4.37. The van der Waals surface area contributed by atoms with Crippen LogP contribution < -0.4 is 0 Å². The number of hydrogen-bond donors (Lipinski definition) is 0. The lowest BCUT2D eigenvalue weighted by Gasteiger charge is -2.19. The molecule has 0 bridgehead atoms. The molecule has 10 heavy (non-hydrogen) atoms. The van der Waals surface area contributed by atoms with Gasteiger partial charge in [-0.25, -0.2) is 0 Å². The fraction of sp³-hybridized carbons (Fsp3) is 0.800. The second-order valence-electron chi connectivity index (χ2n) is 3.62. The Hall–Kier alpha value is -0.260. The highest BCUT2D eigenvalue weighted by Gasteiger charge is 2.41. The molecule has 1 aliphatic rings. The van der Waals surface area contributed by atoms with Crippen LogP contribution in [-0.4, -0.2) is 0 Å². The minimum absolute atomic E-state index is 0.517. The Bertz CT molecular complexity index is 155. The largest absolute Gasteiger partial charge is 0.0742 e. The van der Waals surface area contributed by atoms with Gasteiger partial charge in [0, 0.05) is 5.41 Å². The molecule has 58 valence electrons. The summed E-state index contributed by atoms with van der Waals surface area (Å²) >= 11 is 0. The van der Waals surface area contributed by atoms with Crippen LogP contribution in [0, 0.1) is 11.3 Å². The van der Waals surface area contributed by atoms with Crippen molar-refractivity contribution in [1.82, 2.24) is 0 Å². The Labute approximate surface area is 64.3 Å². The van der Waals surface area contributed by atoms with Gasteiger partial charge in [-0.1, -0.05) is 45.8 Å². The third-order valence-corrected chi connectivity index (χ3v) is 3.10. The highest BCUT2D eigenvalue weighted by Crippen LogP contribution is 2.52. The van der Waals surface area contributed by atoms with Crippen molar-refractivity contribution < 1.29 is 0 Å². The van der Waals surface area contributed by atoms with Gasteiger partial charge in [-0.05, 0) is 12.3 Å². The third-order valence-electron chi connectivity index (χ3n) is 3.10. The van der Waals surface area contributed by atoms with Gasteiger partial charge in [0.05, 0.1) is 0 Å². The Morgan fingerprint density at radius 3 is 2.40 bits per heavy atom. The molecule has 0 saturated carbocycles. The molecule has 0 aromatic heterocycles. The van der Waals surface area contributed by atoms with E-state index in [2.05, 4.69) is 33.8 Å². The highest BCUT2D eigenvalue weighted by molar-refractivity contribution is 5.37. The fourth-order valence-electron chi connectivity index (χ4n) is 1.69. The standard InChI is InChI=1S/C10H18/c1-5-8(3)10(4)7-9(10)6-2/h7-8H,5-6H2,1-4H3. The van der Waals surface area contributed by atoms with E-state index in [1.165, 1.54) is 12.8 Å². The first kappa shape index (κ1) is 7.84. The van der Waals surface area contributed by atoms with Crippen molar-refractivity contribution in [2.45, 2.75) is 40.5 Å². The average Bonchev–Trinajstić information content (AvgIpc) is 2.61. The lowest BCUT2D eigenvalue weighted by molar-refractivity contribution is 0.377. The van der Waals surface area contributed by atoms with E-state index in [1.54, 1.807) is 5.57 Å². The molecule has 0 fully saturated rings. The molecule has 0 aliphatic heterocycles. The van der Waals surface area contributed by atoms with Gasteiger partial charge in [0.1, 0.15) is 0 Å². The molecule has 0 nitrogen and oxygen atoms in total. The van der Waals surface area contributed by atoms with Crippen molar-refractivity contribution in [1.29, 1.82) is 0 Å². The van der Waals surface area contributed by atoms with Gasteiger partial charge < -0.3 is 0 Å². The maximum absolute atomic E-state index is 2.43. The summed E-state index contributed by atoms with van der Waals surface area (Å²) in [5.41, 5.74) is 2.19. The minimum Gasteiger partial charge on any atom is -0.0742 e. The summed E-state index contributed by atoms with van der Waals surface area (Å²) in [6, 6.07) is 0. The Morgan fingerprint density at radius 2 is 2.10 bits per heavy atom. The maximum Gasteiger partial charge on any atom is 0.00911 e. The zero-order valence-corrected chi connectivity index (χ0v) is 7.57. The Kier molecular flexibility index (Phi) is 1.89. The molecule has 0 amide bonds. The van der Waals surface area contributed by atoms with E-state index in [1.807, 2.05) is 0 Å². The molecule has 0 spiro atoms. The van der Waals surface area contributed by atoms with Crippen LogP contribution >= 0.6 is 0 Å². The molecular formula is C10H18. The van der Waals surface area contributed by atoms with Crippen molar-refractivity contribution in [2.75, 3.05) is 0 Å². The first-order valence-electron chi connectivity index (χ1n) is 4.37. The zero-order chi connectivity index (χ0) is 7.78. The smallest absolute Gasteiger partial charge is 0.00911 e. The van der Waals surface area contributed by atoms with Crippen LogP contribution in [0.1, 0.15) is 40.5 Å². The van der Waals surface area contributed by atoms with Crippen LogP contribution in [0.5, 0.6) is 0 Å². The van der Waals surface area contributed by atoms with Crippen molar-refractivity contribution in [3.63, 3.8) is 0 Å². The van der Waals surface area contributed by atoms with Gasteiger partial charge in [-0.15, -0.1) is 0 Å². The quantitative estimate of drug-likeness (QED) is 0.524. The monoisotopic (exact) mass is 138 g/mol. The molecule has 1 rings (SSSR count). The maximum atomic E-state index is 2.43. The lowest BCUT2D eigenvalue weighted by Crippen LogP contribution is -2.11. The van der Waals surface area contributed by atoms with Crippen LogP contribution in [-0.2, 0) is 0 Å². The summed E-state index contributed by atoms with van der Waals surface area (Å²) in [5, 5.41) is 0. The molecule has 0 N–H and O–H groups in total. The van der Waals surface area contributed by atoms with E-state index in [0.717, 1.165) is 5.92 Å². The van der Waals surface area contributed by atoms with E-state index in [9.17, 15) is 0 Å². The second kappa shape index (κ2) is 2.41. The molecule has 0 heterocycles. The van der Waals surface area contributed by atoms with Crippen LogP contribution in [0.3, 0.4) is 0 Å². The fourth-order valence-corrected chi connectivity index (χ4v) is 1.69.